The van der Waals surface area contributed by atoms with Crippen LogP contribution in [0.15, 0.2) is 47.6 Å². The zero-order chi connectivity index (χ0) is 52.7. The summed E-state index contributed by atoms with van der Waals surface area (Å²) in [5.74, 6) is -8.31. The van der Waals surface area contributed by atoms with Gasteiger partial charge in [0.1, 0.15) is 24.4 Å². The molecular weight excluding hydrogens is 917 g/mol. The molecule has 0 radical (unpaired) electrons. The Morgan fingerprint density at radius 1 is 0.887 bits per heavy atom. The second kappa shape index (κ2) is 27.8. The quantitative estimate of drug-likeness (QED) is 0.145. The van der Waals surface area contributed by atoms with Gasteiger partial charge in [-0.25, -0.2) is 9.59 Å². The molecule has 0 aromatic rings. The largest absolute Gasteiger partial charge is 0.460 e. The first-order chi connectivity index (χ1) is 33.6. The molecule has 3 fully saturated rings. The van der Waals surface area contributed by atoms with Gasteiger partial charge in [-0.2, -0.15) is 5.06 Å². The smallest absolute Gasteiger partial charge is 0.434 e. The van der Waals surface area contributed by atoms with E-state index in [0.717, 1.165) is 10.6 Å². The Hall–Kier alpha value is -4.10. The number of carbonyl (C=O) groups excluding carboxylic acids is 6. The van der Waals surface area contributed by atoms with Crippen molar-refractivity contribution in [3.8, 4) is 0 Å². The van der Waals surface area contributed by atoms with E-state index in [1.807, 2.05) is 58.1 Å². The summed E-state index contributed by atoms with van der Waals surface area (Å²) < 4.78 is 35.4. The van der Waals surface area contributed by atoms with Crippen molar-refractivity contribution in [1.29, 1.82) is 0 Å². The Balaban J connectivity index is 1.70. The molecule has 3 aliphatic heterocycles. The number of allylic oxidation sites excluding steroid dienone is 6. The highest BCUT2D eigenvalue weighted by Gasteiger charge is 2.53. The number of carbonyl (C=O) groups is 6. The van der Waals surface area contributed by atoms with E-state index in [1.165, 1.54) is 26.2 Å². The second-order valence-corrected chi connectivity index (χ2v) is 20.6. The Kier molecular flexibility index (Phi) is 23.3. The molecule has 0 aromatic heterocycles. The fourth-order valence-corrected chi connectivity index (χ4v) is 10.5. The summed E-state index contributed by atoms with van der Waals surface area (Å²) in [6.45, 7) is 12.6. The lowest BCUT2D eigenvalue weighted by Crippen LogP contribution is -2.61. The standard InChI is InChI=1S/C54H84N2O15/c1-32-18-14-13-15-19-33(2)44(65-9)30-40-23-21-38(7)54(64,71-40)50(60)51(61)56-25-17-16-20-41(56)52(62)69-45(31-42(57)34(3)27-37(6)48(59)49(67-11)47(58)36(5)26-32)35(4)28-39-22-24-43(46(29-39)66-10)70-53(63)55(8)68-12/h13-15,18-19,27,32,35-41,43-46,48-49,59,64H,16-17,20-26,28-31H2,1-12H3/t32-,35-,36?,37?,38-,39+,40+,41+,43-,44+,45+,46-,48-,49?,54-/m1/s1. The van der Waals surface area contributed by atoms with Gasteiger partial charge in [0, 0.05) is 65.5 Å². The number of Topliss-reactive ketones (excluding diaryl/α,β-unsaturated/α-hetero) is 3. The van der Waals surface area contributed by atoms with Crippen molar-refractivity contribution in [2.45, 2.75) is 180 Å². The highest BCUT2D eigenvalue weighted by atomic mass is 16.7. The predicted molar refractivity (Wildman–Crippen MR) is 264 cm³/mol. The molecule has 400 valence electrons. The molecule has 4 aliphatic rings. The Morgan fingerprint density at radius 2 is 1.61 bits per heavy atom. The molecule has 2 amide bonds. The number of nitrogens with zero attached hydrogens (tertiary/aromatic N) is 2. The van der Waals surface area contributed by atoms with E-state index in [1.54, 1.807) is 41.1 Å². The van der Waals surface area contributed by atoms with Crippen LogP contribution in [0.4, 0.5) is 4.79 Å². The second-order valence-electron chi connectivity index (χ2n) is 20.6. The third-order valence-electron chi connectivity index (χ3n) is 15.2. The van der Waals surface area contributed by atoms with E-state index in [9.17, 15) is 39.0 Å². The normalized spacial score (nSPS) is 35.5. The molecule has 2 saturated heterocycles. The molecule has 2 N–H and O–H groups in total. The van der Waals surface area contributed by atoms with Crippen LogP contribution in [0.25, 0.3) is 0 Å². The van der Waals surface area contributed by atoms with Crippen molar-refractivity contribution in [1.82, 2.24) is 9.96 Å². The lowest BCUT2D eigenvalue weighted by Gasteiger charge is -2.42. The summed E-state index contributed by atoms with van der Waals surface area (Å²) in [4.78, 5) is 89.8. The molecule has 1 saturated carbocycles. The van der Waals surface area contributed by atoms with Crippen molar-refractivity contribution in [3.63, 3.8) is 0 Å². The summed E-state index contributed by atoms with van der Waals surface area (Å²) in [7, 11) is 7.30. The number of fused-ring (bicyclic) bond motifs is 3. The van der Waals surface area contributed by atoms with E-state index in [0.29, 0.717) is 64.2 Å². The molecule has 15 atom stereocenters. The number of piperidine rings is 1. The highest BCUT2D eigenvalue weighted by Crippen LogP contribution is 2.38. The Morgan fingerprint density at radius 3 is 2.27 bits per heavy atom. The van der Waals surface area contributed by atoms with E-state index >= 15 is 0 Å². The molecule has 2 bridgehead atoms. The number of hydrogen-bond donors (Lipinski definition) is 2. The van der Waals surface area contributed by atoms with Crippen molar-refractivity contribution in [2.24, 2.45) is 35.5 Å². The van der Waals surface area contributed by atoms with Crippen LogP contribution in [0.5, 0.6) is 0 Å². The van der Waals surface area contributed by atoms with Crippen molar-refractivity contribution < 1.29 is 72.2 Å². The average Bonchev–Trinajstić information content (AvgIpc) is 3.35. The van der Waals surface area contributed by atoms with Gasteiger partial charge >= 0.3 is 12.1 Å². The maximum absolute atomic E-state index is 14.5. The molecular formula is C54H84N2O15. The van der Waals surface area contributed by atoms with Crippen LogP contribution in [0.1, 0.15) is 126 Å². The maximum atomic E-state index is 14.5. The molecule has 0 spiro atoms. The van der Waals surface area contributed by atoms with Crippen molar-refractivity contribution in [3.05, 3.63) is 47.6 Å². The highest BCUT2D eigenvalue weighted by molar-refractivity contribution is 6.39. The molecule has 3 heterocycles. The predicted octanol–water partition coefficient (Wildman–Crippen LogP) is 6.82. The van der Waals surface area contributed by atoms with Crippen LogP contribution >= 0.6 is 0 Å². The van der Waals surface area contributed by atoms with Gasteiger partial charge in [-0.05, 0) is 107 Å². The van der Waals surface area contributed by atoms with Gasteiger partial charge in [-0.15, -0.1) is 0 Å². The van der Waals surface area contributed by atoms with Crippen LogP contribution in [0.2, 0.25) is 0 Å². The maximum Gasteiger partial charge on any atom is 0.434 e. The van der Waals surface area contributed by atoms with E-state index < -0.39 is 102 Å². The number of hydroxylamine groups is 2. The molecule has 17 nitrogen and oxygen atoms in total. The molecule has 3 unspecified atom stereocenters. The minimum atomic E-state index is -2.45. The molecule has 17 heteroatoms. The minimum absolute atomic E-state index is 0.00661. The number of amides is 2. The van der Waals surface area contributed by atoms with Gasteiger partial charge in [0.15, 0.2) is 11.6 Å². The van der Waals surface area contributed by atoms with Crippen LogP contribution in [0.3, 0.4) is 0 Å². The lowest BCUT2D eigenvalue weighted by molar-refractivity contribution is -0.265. The van der Waals surface area contributed by atoms with Crippen LogP contribution in [-0.2, 0) is 57.2 Å². The van der Waals surface area contributed by atoms with E-state index in [2.05, 4.69) is 0 Å². The first-order valence-corrected chi connectivity index (χ1v) is 25.6. The molecule has 1 aliphatic carbocycles. The van der Waals surface area contributed by atoms with Gasteiger partial charge in [0.05, 0.1) is 31.5 Å². The minimum Gasteiger partial charge on any atom is -0.460 e. The van der Waals surface area contributed by atoms with E-state index in [-0.39, 0.29) is 48.4 Å². The number of esters is 1. The number of ether oxygens (including phenoxy) is 6. The Labute approximate surface area is 421 Å². The topological polar surface area (TPSA) is 214 Å². The Bertz CT molecular complexity index is 1950. The lowest BCUT2D eigenvalue weighted by atomic mass is 9.78. The summed E-state index contributed by atoms with van der Waals surface area (Å²) in [6.07, 6.45) is 9.93. The summed E-state index contributed by atoms with van der Waals surface area (Å²) in [5, 5.41) is 24.5. The number of methoxy groups -OCH3 is 3. The summed E-state index contributed by atoms with van der Waals surface area (Å²) in [6, 6.07) is -1.18. The number of aliphatic hydroxyl groups excluding tert-OH is 1. The van der Waals surface area contributed by atoms with Gasteiger partial charge < -0.3 is 43.5 Å². The van der Waals surface area contributed by atoms with Crippen molar-refractivity contribution in [2.75, 3.05) is 42.0 Å². The van der Waals surface area contributed by atoms with Gasteiger partial charge in [0.2, 0.25) is 5.79 Å². The van der Waals surface area contributed by atoms with Crippen molar-refractivity contribution >= 4 is 35.3 Å². The summed E-state index contributed by atoms with van der Waals surface area (Å²) in [5.41, 5.74) is 1.16. The third-order valence-corrected chi connectivity index (χ3v) is 15.2. The van der Waals surface area contributed by atoms with Gasteiger partial charge in [-0.3, -0.25) is 24.0 Å². The molecule has 4 rings (SSSR count). The number of hydrogen-bond acceptors (Lipinski definition) is 15. The van der Waals surface area contributed by atoms with Gasteiger partial charge in [-0.1, -0.05) is 71.1 Å². The molecule has 71 heavy (non-hydrogen) atoms. The summed E-state index contributed by atoms with van der Waals surface area (Å²) >= 11 is 0. The number of cyclic esters (lactones) is 1. The first-order valence-electron chi connectivity index (χ1n) is 25.6. The number of ketones is 3. The van der Waals surface area contributed by atoms with E-state index in [4.69, 9.17) is 33.3 Å². The fraction of sp³-hybridized carbons (Fsp3) is 0.741. The monoisotopic (exact) mass is 1000 g/mol. The van der Waals surface area contributed by atoms with Crippen LogP contribution < -0.4 is 0 Å². The zero-order valence-electron chi connectivity index (χ0n) is 44.3. The molecule has 0 aromatic carbocycles. The fourth-order valence-electron chi connectivity index (χ4n) is 10.5. The number of aliphatic hydroxyl groups is 2. The van der Waals surface area contributed by atoms with Crippen LogP contribution in [0, 0.1) is 35.5 Å². The van der Waals surface area contributed by atoms with Gasteiger partial charge in [0.25, 0.3) is 11.7 Å². The number of rotatable bonds is 8. The average molecular weight is 1000 g/mol. The third kappa shape index (κ3) is 15.9. The zero-order valence-corrected chi connectivity index (χ0v) is 44.3. The van der Waals surface area contributed by atoms with Crippen LogP contribution in [-0.4, -0.2) is 152 Å². The SMILES string of the molecule is COC1C(=O)C(C)C[C@H](C)C=CC=CC=C(C)[C@@H](OC)C[C@@H]2CC[C@@H](C)[C@@](O)(O2)C(=O)C(=O)N2CCCC[C@H]2C(=O)O[C@H]([C@H](C)C[C@@H]2CC[C@@H](OC(=O)N(C)OC)[C@H](OC)C2)CC(=O)C(C)=CC(C)[C@H]1O. The first kappa shape index (κ1) is 59.5.